The minimum Gasteiger partial charge on any atom is -0.348 e. The van der Waals surface area contributed by atoms with Gasteiger partial charge in [0.25, 0.3) is 0 Å². The average molecular weight is 306 g/mol. The first-order chi connectivity index (χ1) is 7.68. The molecule has 0 unspecified atom stereocenters. The van der Waals surface area contributed by atoms with E-state index in [1.807, 2.05) is 6.92 Å². The van der Waals surface area contributed by atoms with Gasteiger partial charge in [0.1, 0.15) is 0 Å². The lowest BCUT2D eigenvalue weighted by atomic mass is 10.2. The van der Waals surface area contributed by atoms with Gasteiger partial charge in [-0.2, -0.15) is 0 Å². The van der Waals surface area contributed by atoms with Crippen LogP contribution in [0.4, 0.5) is 0 Å². The molecule has 5 heteroatoms. The molecular weight excluding hydrogens is 290 g/mol. The van der Waals surface area contributed by atoms with Gasteiger partial charge in [-0.05, 0) is 35.0 Å². The number of thiophene rings is 1. The van der Waals surface area contributed by atoms with Crippen molar-refractivity contribution in [3.8, 4) is 0 Å². The lowest BCUT2D eigenvalue weighted by Gasteiger charge is -2.22. The van der Waals surface area contributed by atoms with Gasteiger partial charge in [0.05, 0.1) is 17.0 Å². The number of hydrogen-bond donors (Lipinski definition) is 1. The average Bonchev–Trinajstić information content (AvgIpc) is 2.84. The molecule has 1 aliphatic rings. The highest BCUT2D eigenvalue weighted by Crippen LogP contribution is 2.23. The van der Waals surface area contributed by atoms with E-state index in [9.17, 15) is 0 Å². The molecule has 0 amide bonds. The number of halogens is 1. The summed E-state index contributed by atoms with van der Waals surface area (Å²) < 4.78 is 12.2. The fraction of sp³-hybridized carbons (Fsp3) is 0.636. The topological polar surface area (TPSA) is 30.5 Å². The van der Waals surface area contributed by atoms with Gasteiger partial charge >= 0.3 is 0 Å². The van der Waals surface area contributed by atoms with Crippen LogP contribution in [0, 0.1) is 0 Å². The lowest BCUT2D eigenvalue weighted by molar-refractivity contribution is -0.145. The molecule has 2 rings (SSSR count). The van der Waals surface area contributed by atoms with Gasteiger partial charge in [-0.3, -0.25) is 0 Å². The lowest BCUT2D eigenvalue weighted by Crippen LogP contribution is -2.30. The zero-order valence-electron chi connectivity index (χ0n) is 9.29. The van der Waals surface area contributed by atoms with Crippen LogP contribution in [0.2, 0.25) is 0 Å². The van der Waals surface area contributed by atoms with Crippen LogP contribution in [0.5, 0.6) is 0 Å². The molecule has 0 saturated carbocycles. The van der Waals surface area contributed by atoms with E-state index in [4.69, 9.17) is 9.47 Å². The molecule has 0 bridgehead atoms. The molecule has 1 aromatic rings. The predicted octanol–water partition coefficient (Wildman–Crippen LogP) is 2.75. The van der Waals surface area contributed by atoms with Crippen molar-refractivity contribution in [1.29, 1.82) is 0 Å². The Morgan fingerprint density at radius 2 is 2.19 bits per heavy atom. The fourth-order valence-electron chi connectivity index (χ4n) is 1.67. The zero-order valence-corrected chi connectivity index (χ0v) is 11.7. The van der Waals surface area contributed by atoms with Crippen LogP contribution >= 0.6 is 27.3 Å². The molecule has 1 N–H and O–H groups in total. The molecular formula is C11H16BrNO2S. The van der Waals surface area contributed by atoms with Gasteiger partial charge in [0, 0.05) is 24.4 Å². The second kappa shape index (κ2) is 5.60. The number of nitrogens with one attached hydrogen (secondary N) is 1. The van der Waals surface area contributed by atoms with Crippen LogP contribution in [-0.4, -0.2) is 25.5 Å². The van der Waals surface area contributed by atoms with Crippen LogP contribution < -0.4 is 5.32 Å². The Bertz CT molecular complexity index is 336. The van der Waals surface area contributed by atoms with Crippen molar-refractivity contribution in [2.75, 3.05) is 19.8 Å². The molecule has 0 spiro atoms. The number of ether oxygens (including phenoxy) is 2. The normalized spacial score (nSPS) is 19.1. The van der Waals surface area contributed by atoms with Crippen molar-refractivity contribution in [3.05, 3.63) is 20.8 Å². The van der Waals surface area contributed by atoms with E-state index in [1.54, 1.807) is 11.3 Å². The molecule has 0 radical (unpaired) electrons. The highest BCUT2D eigenvalue weighted by molar-refractivity contribution is 9.11. The minimum absolute atomic E-state index is 0.372. The van der Waals surface area contributed by atoms with Crippen molar-refractivity contribution in [2.45, 2.75) is 25.7 Å². The SMILES string of the molecule is CC1(CCNCc2ccc(Br)s2)OCCO1. The molecule has 1 fully saturated rings. The third-order valence-electron chi connectivity index (χ3n) is 2.58. The van der Waals surface area contributed by atoms with E-state index in [-0.39, 0.29) is 5.79 Å². The van der Waals surface area contributed by atoms with Crippen LogP contribution in [-0.2, 0) is 16.0 Å². The number of hydrogen-bond acceptors (Lipinski definition) is 4. The van der Waals surface area contributed by atoms with Crippen molar-refractivity contribution in [1.82, 2.24) is 5.32 Å². The van der Waals surface area contributed by atoms with E-state index in [1.165, 1.54) is 8.66 Å². The molecule has 16 heavy (non-hydrogen) atoms. The molecule has 1 aliphatic heterocycles. The van der Waals surface area contributed by atoms with Gasteiger partial charge in [-0.15, -0.1) is 11.3 Å². The Kier molecular flexibility index (Phi) is 4.38. The van der Waals surface area contributed by atoms with Gasteiger partial charge in [-0.1, -0.05) is 0 Å². The summed E-state index contributed by atoms with van der Waals surface area (Å²) in [5.74, 6) is -0.372. The standard InChI is InChI=1S/C11H16BrNO2S/c1-11(14-6-7-15-11)4-5-13-8-9-2-3-10(12)16-9/h2-3,13H,4-8H2,1H3. The molecule has 2 heterocycles. The third-order valence-corrected chi connectivity index (χ3v) is 4.21. The van der Waals surface area contributed by atoms with Crippen LogP contribution in [0.25, 0.3) is 0 Å². The molecule has 0 aliphatic carbocycles. The first kappa shape index (κ1) is 12.5. The van der Waals surface area contributed by atoms with Crippen molar-refractivity contribution in [3.63, 3.8) is 0 Å². The van der Waals surface area contributed by atoms with Crippen LogP contribution in [0.3, 0.4) is 0 Å². The summed E-state index contributed by atoms with van der Waals surface area (Å²) in [5, 5.41) is 3.40. The third kappa shape index (κ3) is 3.53. The van der Waals surface area contributed by atoms with E-state index < -0.39 is 0 Å². The van der Waals surface area contributed by atoms with Crippen LogP contribution in [0.15, 0.2) is 15.9 Å². The summed E-state index contributed by atoms with van der Waals surface area (Å²) in [4.78, 5) is 1.34. The molecule has 3 nitrogen and oxygen atoms in total. The van der Waals surface area contributed by atoms with Crippen molar-refractivity contribution >= 4 is 27.3 Å². The Morgan fingerprint density at radius 1 is 1.44 bits per heavy atom. The molecule has 0 atom stereocenters. The maximum absolute atomic E-state index is 5.53. The van der Waals surface area contributed by atoms with E-state index >= 15 is 0 Å². The first-order valence-corrected chi connectivity index (χ1v) is 7.02. The quantitative estimate of drug-likeness (QED) is 0.849. The van der Waals surface area contributed by atoms with Gasteiger partial charge in [-0.25, -0.2) is 0 Å². The van der Waals surface area contributed by atoms with E-state index in [0.29, 0.717) is 13.2 Å². The van der Waals surface area contributed by atoms with Gasteiger partial charge in [0.15, 0.2) is 5.79 Å². The second-order valence-corrected chi connectivity index (χ2v) is 6.51. The largest absolute Gasteiger partial charge is 0.348 e. The zero-order chi connectivity index (χ0) is 11.4. The number of rotatable bonds is 5. The molecule has 90 valence electrons. The molecule has 1 aromatic heterocycles. The van der Waals surface area contributed by atoms with E-state index in [2.05, 4.69) is 33.4 Å². The Labute approximate surface area is 108 Å². The summed E-state index contributed by atoms with van der Waals surface area (Å²) in [6.07, 6.45) is 0.888. The predicted molar refractivity (Wildman–Crippen MR) is 68.7 cm³/mol. The minimum atomic E-state index is -0.372. The summed E-state index contributed by atoms with van der Waals surface area (Å²) >= 11 is 5.22. The highest BCUT2D eigenvalue weighted by atomic mass is 79.9. The van der Waals surface area contributed by atoms with Crippen LogP contribution in [0.1, 0.15) is 18.2 Å². The monoisotopic (exact) mass is 305 g/mol. The molecule has 0 aromatic carbocycles. The molecule has 1 saturated heterocycles. The maximum Gasteiger partial charge on any atom is 0.166 e. The maximum atomic E-state index is 5.53. The van der Waals surface area contributed by atoms with Gasteiger partial charge in [0.2, 0.25) is 0 Å². The highest BCUT2D eigenvalue weighted by Gasteiger charge is 2.29. The second-order valence-electron chi connectivity index (χ2n) is 3.96. The van der Waals surface area contributed by atoms with E-state index in [0.717, 1.165) is 19.5 Å². The summed E-state index contributed by atoms with van der Waals surface area (Å²) in [6, 6.07) is 4.21. The summed E-state index contributed by atoms with van der Waals surface area (Å²) in [5.41, 5.74) is 0. The first-order valence-electron chi connectivity index (χ1n) is 5.41. The smallest absolute Gasteiger partial charge is 0.166 e. The fourth-order valence-corrected chi connectivity index (χ4v) is 3.13. The summed E-state index contributed by atoms with van der Waals surface area (Å²) in [6.45, 7) is 5.25. The van der Waals surface area contributed by atoms with Crippen molar-refractivity contribution < 1.29 is 9.47 Å². The Morgan fingerprint density at radius 3 is 2.81 bits per heavy atom. The Hall–Kier alpha value is 0.0600. The summed E-state index contributed by atoms with van der Waals surface area (Å²) in [7, 11) is 0. The van der Waals surface area contributed by atoms with Gasteiger partial charge < -0.3 is 14.8 Å². The van der Waals surface area contributed by atoms with Crippen molar-refractivity contribution in [2.24, 2.45) is 0 Å². The Balaban J connectivity index is 1.65.